The molecule has 5 nitrogen and oxygen atoms in total. The number of carbonyl (C=O) groups excluding carboxylic acids is 1. The molecule has 114 valence electrons. The molecule has 0 saturated carbocycles. The number of nitrogens with one attached hydrogen (secondary N) is 1. The molecule has 5 heteroatoms. The predicted octanol–water partition coefficient (Wildman–Crippen LogP) is 2.54. The fraction of sp³-hybridized carbons (Fsp3) is 0.688. The van der Waals surface area contributed by atoms with E-state index in [-0.39, 0.29) is 17.9 Å². The van der Waals surface area contributed by atoms with Crippen LogP contribution in [0.1, 0.15) is 63.1 Å². The lowest BCUT2D eigenvalue weighted by atomic mass is 9.93. The van der Waals surface area contributed by atoms with Gasteiger partial charge in [-0.15, -0.1) is 10.2 Å². The summed E-state index contributed by atoms with van der Waals surface area (Å²) < 4.78 is 2.21. The molecule has 1 aliphatic carbocycles. The van der Waals surface area contributed by atoms with Gasteiger partial charge in [-0.3, -0.25) is 4.79 Å². The molecule has 0 saturated heterocycles. The average molecular weight is 288 g/mol. The Hall–Kier alpha value is -1.65. The second-order valence-electron chi connectivity index (χ2n) is 6.15. The van der Waals surface area contributed by atoms with Crippen LogP contribution >= 0.6 is 0 Å². The van der Waals surface area contributed by atoms with Crippen LogP contribution in [0.25, 0.3) is 0 Å². The molecule has 2 atom stereocenters. The van der Waals surface area contributed by atoms with E-state index in [9.17, 15) is 4.79 Å². The number of rotatable bonds is 3. The van der Waals surface area contributed by atoms with Crippen molar-refractivity contribution < 1.29 is 4.79 Å². The minimum Gasteiger partial charge on any atom is -0.346 e. The van der Waals surface area contributed by atoms with Gasteiger partial charge in [-0.1, -0.05) is 18.6 Å². The lowest BCUT2D eigenvalue weighted by Crippen LogP contribution is -2.34. The van der Waals surface area contributed by atoms with Crippen LogP contribution in [0.15, 0.2) is 12.2 Å². The van der Waals surface area contributed by atoms with E-state index >= 15 is 0 Å². The third kappa shape index (κ3) is 3.17. The average Bonchev–Trinajstić information content (AvgIpc) is 2.77. The maximum atomic E-state index is 12.3. The fourth-order valence-corrected chi connectivity index (χ4v) is 3.26. The Morgan fingerprint density at radius 3 is 3.05 bits per heavy atom. The zero-order valence-electron chi connectivity index (χ0n) is 12.7. The Morgan fingerprint density at radius 1 is 1.33 bits per heavy atom. The summed E-state index contributed by atoms with van der Waals surface area (Å²) in [4.78, 5) is 12.3. The summed E-state index contributed by atoms with van der Waals surface area (Å²) in [5.41, 5.74) is 0. The topological polar surface area (TPSA) is 59.8 Å². The third-order valence-corrected chi connectivity index (χ3v) is 4.52. The highest BCUT2D eigenvalue weighted by atomic mass is 16.1. The van der Waals surface area contributed by atoms with E-state index in [0.29, 0.717) is 0 Å². The molecule has 0 aromatic carbocycles. The number of aryl methyl sites for hydroxylation is 1. The summed E-state index contributed by atoms with van der Waals surface area (Å²) in [6, 6.07) is -0.0669. The van der Waals surface area contributed by atoms with Crippen LogP contribution in [0.5, 0.6) is 0 Å². The largest absolute Gasteiger partial charge is 0.346 e. The number of amides is 1. The van der Waals surface area contributed by atoms with E-state index in [0.717, 1.165) is 43.9 Å². The molecule has 1 amide bonds. The second kappa shape index (κ2) is 6.41. The fourth-order valence-electron chi connectivity index (χ4n) is 3.26. The van der Waals surface area contributed by atoms with Crippen molar-refractivity contribution in [3.8, 4) is 0 Å². The van der Waals surface area contributed by atoms with Crippen LogP contribution in [-0.2, 0) is 17.8 Å². The number of aromatic nitrogens is 3. The number of fused-ring (bicyclic) bond motifs is 1. The van der Waals surface area contributed by atoms with Crippen molar-refractivity contribution in [2.75, 3.05) is 0 Å². The molecule has 21 heavy (non-hydrogen) atoms. The van der Waals surface area contributed by atoms with Crippen molar-refractivity contribution in [2.24, 2.45) is 5.92 Å². The minimum absolute atomic E-state index is 0.0669. The quantitative estimate of drug-likeness (QED) is 0.870. The zero-order valence-corrected chi connectivity index (χ0v) is 12.7. The molecule has 1 aromatic rings. The molecule has 0 radical (unpaired) electrons. The van der Waals surface area contributed by atoms with Crippen molar-refractivity contribution in [3.63, 3.8) is 0 Å². The highest BCUT2D eigenvalue weighted by molar-refractivity contribution is 5.79. The minimum atomic E-state index is -0.0669. The first-order valence-electron chi connectivity index (χ1n) is 8.13. The van der Waals surface area contributed by atoms with Crippen LogP contribution in [0, 0.1) is 5.92 Å². The molecular formula is C16H24N4O. The van der Waals surface area contributed by atoms with E-state index in [2.05, 4.69) is 32.2 Å². The Morgan fingerprint density at radius 2 is 2.24 bits per heavy atom. The number of allylic oxidation sites excluding steroid dienone is 2. The summed E-state index contributed by atoms with van der Waals surface area (Å²) in [7, 11) is 0. The zero-order chi connectivity index (χ0) is 14.7. The van der Waals surface area contributed by atoms with E-state index < -0.39 is 0 Å². The smallest absolute Gasteiger partial charge is 0.224 e. The first-order valence-corrected chi connectivity index (χ1v) is 8.13. The molecule has 0 fully saturated rings. The maximum Gasteiger partial charge on any atom is 0.224 e. The van der Waals surface area contributed by atoms with Crippen LogP contribution in [0.3, 0.4) is 0 Å². The number of hydrogen-bond acceptors (Lipinski definition) is 3. The molecule has 0 bridgehead atoms. The van der Waals surface area contributed by atoms with Crippen molar-refractivity contribution in [3.05, 3.63) is 23.8 Å². The normalized spacial score (nSPS) is 23.2. The predicted molar refractivity (Wildman–Crippen MR) is 80.6 cm³/mol. The van der Waals surface area contributed by atoms with Gasteiger partial charge >= 0.3 is 0 Å². The van der Waals surface area contributed by atoms with Gasteiger partial charge in [0.1, 0.15) is 5.82 Å². The molecule has 1 aromatic heterocycles. The highest BCUT2D eigenvalue weighted by Gasteiger charge is 2.24. The monoisotopic (exact) mass is 288 g/mol. The van der Waals surface area contributed by atoms with Crippen molar-refractivity contribution in [1.82, 2.24) is 20.1 Å². The van der Waals surface area contributed by atoms with Gasteiger partial charge in [0.2, 0.25) is 5.91 Å². The van der Waals surface area contributed by atoms with Gasteiger partial charge in [0, 0.05) is 18.9 Å². The summed E-state index contributed by atoms with van der Waals surface area (Å²) >= 11 is 0. The van der Waals surface area contributed by atoms with Crippen LogP contribution in [0.4, 0.5) is 0 Å². The molecule has 2 aliphatic rings. The molecule has 0 spiro atoms. The Bertz CT molecular complexity index is 534. The Kier molecular flexibility index (Phi) is 4.36. The molecule has 2 heterocycles. The molecule has 1 N–H and O–H groups in total. The molecule has 0 unspecified atom stereocenters. The summed E-state index contributed by atoms with van der Waals surface area (Å²) in [5.74, 6) is 2.25. The SMILES string of the molecule is C[C@@H](NC(=O)[C@H]1CC=CCC1)c1nnc2n1CCCCC2. The van der Waals surface area contributed by atoms with Crippen LogP contribution in [0.2, 0.25) is 0 Å². The summed E-state index contributed by atoms with van der Waals surface area (Å²) in [6.45, 7) is 2.99. The number of carbonyl (C=O) groups is 1. The molecule has 3 rings (SSSR count). The van der Waals surface area contributed by atoms with E-state index in [1.807, 2.05) is 6.92 Å². The van der Waals surface area contributed by atoms with E-state index in [4.69, 9.17) is 0 Å². The van der Waals surface area contributed by atoms with Crippen LogP contribution in [-0.4, -0.2) is 20.7 Å². The van der Waals surface area contributed by atoms with E-state index in [1.54, 1.807) is 0 Å². The van der Waals surface area contributed by atoms with Gasteiger partial charge in [0.25, 0.3) is 0 Å². The molecular weight excluding hydrogens is 264 g/mol. The first-order chi connectivity index (χ1) is 10.3. The second-order valence-corrected chi connectivity index (χ2v) is 6.15. The number of hydrogen-bond donors (Lipinski definition) is 1. The maximum absolute atomic E-state index is 12.3. The summed E-state index contributed by atoms with van der Waals surface area (Å²) in [5, 5.41) is 11.8. The number of nitrogens with zero attached hydrogens (tertiary/aromatic N) is 3. The first kappa shape index (κ1) is 14.3. The lowest BCUT2D eigenvalue weighted by molar-refractivity contribution is -0.125. The highest BCUT2D eigenvalue weighted by Crippen LogP contribution is 2.21. The lowest BCUT2D eigenvalue weighted by Gasteiger charge is -2.21. The van der Waals surface area contributed by atoms with Gasteiger partial charge in [-0.05, 0) is 39.0 Å². The van der Waals surface area contributed by atoms with Gasteiger partial charge in [0.05, 0.1) is 6.04 Å². The van der Waals surface area contributed by atoms with Crippen LogP contribution < -0.4 is 5.32 Å². The van der Waals surface area contributed by atoms with Crippen molar-refractivity contribution in [2.45, 2.75) is 64.5 Å². The van der Waals surface area contributed by atoms with Gasteiger partial charge in [-0.25, -0.2) is 0 Å². The molecule has 1 aliphatic heterocycles. The third-order valence-electron chi connectivity index (χ3n) is 4.52. The Labute approximate surface area is 125 Å². The summed E-state index contributed by atoms with van der Waals surface area (Å²) in [6.07, 6.45) is 11.7. The van der Waals surface area contributed by atoms with Gasteiger partial charge < -0.3 is 9.88 Å². The standard InChI is InChI=1S/C16H24N4O/c1-12(17-16(21)13-8-4-2-5-9-13)15-19-18-14-10-6-3-7-11-20(14)15/h2,4,12-13H,3,5-11H2,1H3,(H,17,21)/t12-,13+/m1/s1. The Balaban J connectivity index is 1.67. The van der Waals surface area contributed by atoms with E-state index in [1.165, 1.54) is 19.3 Å². The van der Waals surface area contributed by atoms with Gasteiger partial charge in [-0.2, -0.15) is 0 Å². The van der Waals surface area contributed by atoms with Gasteiger partial charge in [0.15, 0.2) is 5.82 Å². The van der Waals surface area contributed by atoms with Crippen molar-refractivity contribution in [1.29, 1.82) is 0 Å². The van der Waals surface area contributed by atoms with Crippen molar-refractivity contribution >= 4 is 5.91 Å².